The van der Waals surface area contributed by atoms with Gasteiger partial charge >= 0.3 is 0 Å². The number of amides is 1. The predicted molar refractivity (Wildman–Crippen MR) is 104 cm³/mol. The zero-order valence-electron chi connectivity index (χ0n) is 15.4. The maximum Gasteiger partial charge on any atom is 0.223 e. The first-order chi connectivity index (χ1) is 11.5. The van der Waals surface area contributed by atoms with E-state index in [2.05, 4.69) is 13.8 Å². The van der Waals surface area contributed by atoms with Crippen molar-refractivity contribution in [3.63, 3.8) is 0 Å². The fourth-order valence-corrected chi connectivity index (χ4v) is 3.24. The van der Waals surface area contributed by atoms with Crippen molar-refractivity contribution >= 4 is 24.1 Å². The number of likely N-dealkylation sites (tertiary alicyclic amines) is 1. The molecule has 1 fully saturated rings. The van der Waals surface area contributed by atoms with Gasteiger partial charge in [-0.2, -0.15) is 0 Å². The number of halogens is 1. The van der Waals surface area contributed by atoms with Crippen molar-refractivity contribution < 1.29 is 9.59 Å². The number of piperidine rings is 1. The quantitative estimate of drug-likeness (QED) is 0.751. The van der Waals surface area contributed by atoms with E-state index in [1.54, 1.807) is 0 Å². The van der Waals surface area contributed by atoms with Gasteiger partial charge in [-0.3, -0.25) is 9.59 Å². The lowest BCUT2D eigenvalue weighted by Crippen LogP contribution is -2.40. The second kappa shape index (κ2) is 10.6. The molecule has 1 heterocycles. The third-order valence-corrected chi connectivity index (χ3v) is 4.79. The number of hydrogen-bond donors (Lipinski definition) is 1. The lowest BCUT2D eigenvalue weighted by molar-refractivity contribution is -0.132. The van der Waals surface area contributed by atoms with Crippen LogP contribution in [-0.2, 0) is 11.2 Å². The summed E-state index contributed by atoms with van der Waals surface area (Å²) >= 11 is 0. The zero-order chi connectivity index (χ0) is 17.5. The molecule has 0 aromatic heterocycles. The molecule has 5 heteroatoms. The van der Waals surface area contributed by atoms with E-state index < -0.39 is 0 Å². The molecule has 0 aliphatic carbocycles. The Morgan fingerprint density at radius 2 is 1.72 bits per heavy atom. The van der Waals surface area contributed by atoms with Crippen molar-refractivity contribution in [1.82, 2.24) is 4.90 Å². The summed E-state index contributed by atoms with van der Waals surface area (Å²) in [5, 5.41) is 0. The number of hydrogen-bond acceptors (Lipinski definition) is 3. The Morgan fingerprint density at radius 3 is 2.24 bits per heavy atom. The number of nitrogens with zero attached hydrogens (tertiary/aromatic N) is 1. The van der Waals surface area contributed by atoms with E-state index in [-0.39, 0.29) is 24.1 Å². The Morgan fingerprint density at radius 1 is 1.12 bits per heavy atom. The number of carbonyl (C=O) groups excluding carboxylic acids is 2. The Labute approximate surface area is 157 Å². The summed E-state index contributed by atoms with van der Waals surface area (Å²) in [4.78, 5) is 26.4. The summed E-state index contributed by atoms with van der Waals surface area (Å²) in [5.74, 6) is 1.29. The van der Waals surface area contributed by atoms with Gasteiger partial charge < -0.3 is 10.6 Å². The van der Waals surface area contributed by atoms with E-state index in [1.807, 2.05) is 29.2 Å². The molecule has 0 spiro atoms. The normalized spacial score (nSPS) is 15.1. The molecule has 1 aromatic rings. The Balaban J connectivity index is 0.00000312. The summed E-state index contributed by atoms with van der Waals surface area (Å²) in [6, 6.07) is 7.81. The molecule has 4 nitrogen and oxygen atoms in total. The van der Waals surface area contributed by atoms with Gasteiger partial charge in [-0.05, 0) is 43.2 Å². The van der Waals surface area contributed by atoms with Crippen LogP contribution >= 0.6 is 12.4 Å². The molecule has 2 rings (SSSR count). The van der Waals surface area contributed by atoms with Gasteiger partial charge in [0.15, 0.2) is 5.78 Å². The van der Waals surface area contributed by atoms with Crippen LogP contribution in [0.15, 0.2) is 24.3 Å². The highest BCUT2D eigenvalue weighted by Gasteiger charge is 2.22. The van der Waals surface area contributed by atoms with E-state index in [0.717, 1.165) is 32.4 Å². The summed E-state index contributed by atoms with van der Waals surface area (Å²) in [6.45, 7) is 6.62. The number of carbonyl (C=O) groups is 2. The van der Waals surface area contributed by atoms with Gasteiger partial charge in [0, 0.05) is 31.5 Å². The van der Waals surface area contributed by atoms with E-state index >= 15 is 0 Å². The lowest BCUT2D eigenvalue weighted by Gasteiger charge is -2.31. The van der Waals surface area contributed by atoms with Crippen LogP contribution in [0.4, 0.5) is 0 Å². The van der Waals surface area contributed by atoms with Crippen LogP contribution in [0.2, 0.25) is 0 Å². The molecule has 1 saturated heterocycles. The number of nitrogens with two attached hydrogens (primary N) is 1. The minimum Gasteiger partial charge on any atom is -0.343 e. The molecular weight excluding hydrogens is 336 g/mol. The Hall–Kier alpha value is -1.39. The van der Waals surface area contributed by atoms with E-state index in [9.17, 15) is 9.59 Å². The van der Waals surface area contributed by atoms with Crippen LogP contribution in [0.5, 0.6) is 0 Å². The van der Waals surface area contributed by atoms with Gasteiger partial charge in [-0.15, -0.1) is 12.4 Å². The average Bonchev–Trinajstić information content (AvgIpc) is 2.59. The molecule has 25 heavy (non-hydrogen) atoms. The van der Waals surface area contributed by atoms with Crippen LogP contribution in [0.3, 0.4) is 0 Å². The van der Waals surface area contributed by atoms with Crippen molar-refractivity contribution in [3.8, 4) is 0 Å². The van der Waals surface area contributed by atoms with Crippen LogP contribution in [-0.4, -0.2) is 36.2 Å². The molecule has 1 aliphatic rings. The SMILES string of the molecule is CC(C)Cc1ccc(C(=O)CCC(=O)N2CCC(CN)CC2)cc1.Cl. The smallest absolute Gasteiger partial charge is 0.223 e. The third kappa shape index (κ3) is 6.79. The maximum atomic E-state index is 12.3. The predicted octanol–water partition coefficient (Wildman–Crippen LogP) is 3.47. The highest BCUT2D eigenvalue weighted by Crippen LogP contribution is 2.17. The monoisotopic (exact) mass is 366 g/mol. The summed E-state index contributed by atoms with van der Waals surface area (Å²) < 4.78 is 0. The molecule has 0 bridgehead atoms. The molecule has 0 atom stereocenters. The van der Waals surface area contributed by atoms with Gasteiger partial charge in [0.1, 0.15) is 0 Å². The summed E-state index contributed by atoms with van der Waals surface area (Å²) in [5.41, 5.74) is 7.63. The fourth-order valence-electron chi connectivity index (χ4n) is 3.24. The minimum atomic E-state index is 0. The van der Waals surface area contributed by atoms with Crippen LogP contribution in [0.1, 0.15) is 55.5 Å². The van der Waals surface area contributed by atoms with Gasteiger partial charge in [0.25, 0.3) is 0 Å². The third-order valence-electron chi connectivity index (χ3n) is 4.79. The zero-order valence-corrected chi connectivity index (χ0v) is 16.2. The molecule has 1 amide bonds. The van der Waals surface area contributed by atoms with Crippen molar-refractivity contribution in [3.05, 3.63) is 35.4 Å². The first-order valence-electron chi connectivity index (χ1n) is 9.09. The van der Waals surface area contributed by atoms with E-state index in [0.29, 0.717) is 36.8 Å². The first kappa shape index (κ1) is 21.7. The Kier molecular flexibility index (Phi) is 9.15. The van der Waals surface area contributed by atoms with Crippen molar-refractivity contribution in [2.45, 2.75) is 46.0 Å². The number of rotatable bonds is 7. The fraction of sp³-hybridized carbons (Fsp3) is 0.600. The van der Waals surface area contributed by atoms with Gasteiger partial charge in [-0.25, -0.2) is 0 Å². The first-order valence-corrected chi connectivity index (χ1v) is 9.09. The second-order valence-electron chi connectivity index (χ2n) is 7.28. The van der Waals surface area contributed by atoms with Crippen LogP contribution in [0, 0.1) is 11.8 Å². The average molecular weight is 367 g/mol. The number of benzene rings is 1. The molecule has 2 N–H and O–H groups in total. The topological polar surface area (TPSA) is 63.4 Å². The molecule has 0 unspecified atom stereocenters. The van der Waals surface area contributed by atoms with Crippen molar-refractivity contribution in [1.29, 1.82) is 0 Å². The molecule has 1 aliphatic heterocycles. The standard InChI is InChI=1S/C20H30N2O2.ClH/c1-15(2)13-16-3-5-18(6-4-16)19(23)7-8-20(24)22-11-9-17(14-21)10-12-22;/h3-6,15,17H,7-14,21H2,1-2H3;1H. The van der Waals surface area contributed by atoms with Crippen molar-refractivity contribution in [2.75, 3.05) is 19.6 Å². The number of Topliss-reactive ketones (excluding diaryl/α,β-unsaturated/α-hetero) is 1. The molecule has 140 valence electrons. The van der Waals surface area contributed by atoms with Crippen LogP contribution in [0.25, 0.3) is 0 Å². The lowest BCUT2D eigenvalue weighted by atomic mass is 9.96. The second-order valence-corrected chi connectivity index (χ2v) is 7.28. The van der Waals surface area contributed by atoms with Gasteiger partial charge in [0.05, 0.1) is 0 Å². The van der Waals surface area contributed by atoms with Crippen molar-refractivity contribution in [2.24, 2.45) is 17.6 Å². The summed E-state index contributed by atoms with van der Waals surface area (Å²) in [6.07, 6.45) is 3.58. The van der Waals surface area contributed by atoms with E-state index in [4.69, 9.17) is 5.73 Å². The number of ketones is 1. The minimum absolute atomic E-state index is 0. The Bertz CT molecular complexity index is 549. The summed E-state index contributed by atoms with van der Waals surface area (Å²) in [7, 11) is 0. The maximum absolute atomic E-state index is 12.3. The highest BCUT2D eigenvalue weighted by molar-refractivity contribution is 5.98. The largest absolute Gasteiger partial charge is 0.343 e. The van der Waals surface area contributed by atoms with Gasteiger partial charge in [0.2, 0.25) is 5.91 Å². The molecule has 1 aromatic carbocycles. The molecule has 0 radical (unpaired) electrons. The van der Waals surface area contributed by atoms with Crippen LogP contribution < -0.4 is 5.73 Å². The highest BCUT2D eigenvalue weighted by atomic mass is 35.5. The van der Waals surface area contributed by atoms with Gasteiger partial charge in [-0.1, -0.05) is 38.1 Å². The molecule has 0 saturated carbocycles. The molecular formula is C20H31ClN2O2. The van der Waals surface area contributed by atoms with E-state index in [1.165, 1.54) is 5.56 Å².